The molecule has 0 spiro atoms. The molecule has 0 aliphatic heterocycles. The van der Waals surface area contributed by atoms with Crippen molar-refractivity contribution in [3.8, 4) is 0 Å². The zero-order chi connectivity index (χ0) is 4.41. The van der Waals surface area contributed by atoms with Crippen molar-refractivity contribution in [2.24, 2.45) is 0 Å². The maximum absolute atomic E-state index is 2.16. The first-order valence-corrected chi connectivity index (χ1v) is 4.11. The first-order chi connectivity index (χ1) is 2.89. The van der Waals surface area contributed by atoms with Crippen molar-refractivity contribution >= 4 is 14.8 Å². The molecule has 1 rings (SSSR count). The second-order valence-corrected chi connectivity index (χ2v) is 4.79. The van der Waals surface area contributed by atoms with Crippen molar-refractivity contribution in [1.29, 1.82) is 0 Å². The standard InChI is InChI=1S/C4H3S.BrH.Zn/c1-2-4-5-3-1;;/h1-3H;1H;/q;;+1/p-1. The molecule has 1 aromatic heterocycles. The summed E-state index contributed by atoms with van der Waals surface area (Å²) in [5.74, 6) is 0. The molecule has 0 saturated carbocycles. The number of rotatable bonds is 0. The average molecular weight is 228 g/mol. The third-order valence-corrected chi connectivity index (χ3v) is 2.86. The SMILES string of the molecule is [Br-].[Zn+][c]1cccs1. The molecular formula is C4H3BrSZn. The van der Waals surface area contributed by atoms with Crippen LogP contribution in [0.2, 0.25) is 0 Å². The Hall–Kier alpha value is 0.803. The van der Waals surface area contributed by atoms with Gasteiger partial charge in [-0.1, -0.05) is 0 Å². The van der Waals surface area contributed by atoms with Crippen LogP contribution in [0.3, 0.4) is 0 Å². The Balaban J connectivity index is 0.000000360. The van der Waals surface area contributed by atoms with E-state index in [2.05, 4.69) is 17.5 Å². The first-order valence-electron chi connectivity index (χ1n) is 1.75. The van der Waals surface area contributed by atoms with Gasteiger partial charge in [0.25, 0.3) is 0 Å². The van der Waals surface area contributed by atoms with E-state index < -0.39 is 0 Å². The van der Waals surface area contributed by atoms with Gasteiger partial charge < -0.3 is 17.0 Å². The maximum atomic E-state index is 2.16. The van der Waals surface area contributed by atoms with Crippen LogP contribution in [-0.4, -0.2) is 0 Å². The van der Waals surface area contributed by atoms with Gasteiger partial charge in [0, 0.05) is 0 Å². The molecule has 0 nitrogen and oxygen atoms in total. The van der Waals surface area contributed by atoms with Crippen LogP contribution in [0, 0.1) is 0 Å². The molecule has 0 bridgehead atoms. The summed E-state index contributed by atoms with van der Waals surface area (Å²) in [6.45, 7) is 0. The van der Waals surface area contributed by atoms with Crippen LogP contribution in [-0.2, 0) is 18.3 Å². The van der Waals surface area contributed by atoms with Crippen LogP contribution in [0.25, 0.3) is 0 Å². The van der Waals surface area contributed by atoms with Gasteiger partial charge in [-0.05, 0) is 0 Å². The van der Waals surface area contributed by atoms with Crippen molar-refractivity contribution in [2.45, 2.75) is 0 Å². The van der Waals surface area contributed by atoms with E-state index in [-0.39, 0.29) is 17.0 Å². The fraction of sp³-hybridized carbons (Fsp3) is 0. The predicted molar refractivity (Wildman–Crippen MR) is 24.0 cm³/mol. The monoisotopic (exact) mass is 226 g/mol. The Morgan fingerprint density at radius 1 is 1.57 bits per heavy atom. The van der Waals surface area contributed by atoms with E-state index in [1.165, 1.54) is 21.8 Å². The third kappa shape index (κ3) is 2.58. The van der Waals surface area contributed by atoms with Crippen molar-refractivity contribution in [3.05, 3.63) is 17.5 Å². The zero-order valence-electron chi connectivity index (χ0n) is 3.73. The van der Waals surface area contributed by atoms with Gasteiger partial charge in [0.05, 0.1) is 0 Å². The molecule has 0 N–H and O–H groups in total. The van der Waals surface area contributed by atoms with Crippen molar-refractivity contribution in [3.63, 3.8) is 0 Å². The molecule has 0 unspecified atom stereocenters. The summed E-state index contributed by atoms with van der Waals surface area (Å²) in [4.78, 5) is 0. The van der Waals surface area contributed by atoms with Gasteiger partial charge in [0.2, 0.25) is 0 Å². The molecule has 0 aromatic carbocycles. The molecule has 0 aliphatic carbocycles. The molecule has 7 heavy (non-hydrogen) atoms. The van der Waals surface area contributed by atoms with Gasteiger partial charge in [0.15, 0.2) is 0 Å². The van der Waals surface area contributed by atoms with Gasteiger partial charge in [-0.15, -0.1) is 0 Å². The van der Waals surface area contributed by atoms with Gasteiger partial charge >= 0.3 is 50.6 Å². The summed E-state index contributed by atoms with van der Waals surface area (Å²) in [6.07, 6.45) is 0. The molecule has 0 fully saturated rings. The van der Waals surface area contributed by atoms with E-state index in [4.69, 9.17) is 0 Å². The van der Waals surface area contributed by atoms with E-state index >= 15 is 0 Å². The quantitative estimate of drug-likeness (QED) is 0.448. The fourth-order valence-electron chi connectivity index (χ4n) is 0.313. The average Bonchev–Trinajstić information content (AvgIpc) is 1.86. The molecular weight excluding hydrogens is 225 g/mol. The second-order valence-electron chi connectivity index (χ2n) is 1.08. The molecule has 0 radical (unpaired) electrons. The Bertz CT molecular complexity index is 115. The van der Waals surface area contributed by atoms with E-state index in [1.54, 1.807) is 0 Å². The normalized spacial score (nSPS) is 7.71. The number of hydrogen-bond acceptors (Lipinski definition) is 1. The van der Waals surface area contributed by atoms with Crippen LogP contribution in [0.1, 0.15) is 0 Å². The third-order valence-electron chi connectivity index (χ3n) is 0.580. The predicted octanol–water partition coefficient (Wildman–Crippen LogP) is -2.08. The van der Waals surface area contributed by atoms with Crippen LogP contribution < -0.4 is 20.5 Å². The van der Waals surface area contributed by atoms with Gasteiger partial charge in [-0.25, -0.2) is 0 Å². The van der Waals surface area contributed by atoms with Crippen LogP contribution >= 0.6 is 11.3 Å². The van der Waals surface area contributed by atoms with E-state index in [0.29, 0.717) is 0 Å². The van der Waals surface area contributed by atoms with E-state index in [1.807, 2.05) is 11.3 Å². The summed E-state index contributed by atoms with van der Waals surface area (Å²) < 4.78 is 1.51. The fourth-order valence-corrected chi connectivity index (χ4v) is 1.69. The van der Waals surface area contributed by atoms with Crippen molar-refractivity contribution < 1.29 is 35.3 Å². The van der Waals surface area contributed by atoms with Crippen molar-refractivity contribution in [2.75, 3.05) is 0 Å². The summed E-state index contributed by atoms with van der Waals surface area (Å²) in [6, 6.07) is 4.24. The molecule has 3 heteroatoms. The summed E-state index contributed by atoms with van der Waals surface area (Å²) in [5.41, 5.74) is 0. The summed E-state index contributed by atoms with van der Waals surface area (Å²) in [7, 11) is 0. The van der Waals surface area contributed by atoms with Gasteiger partial charge in [-0.2, -0.15) is 0 Å². The topological polar surface area (TPSA) is 0 Å². The van der Waals surface area contributed by atoms with E-state index in [9.17, 15) is 0 Å². The minimum absolute atomic E-state index is 0. The molecule has 0 atom stereocenters. The Labute approximate surface area is 67.4 Å². The van der Waals surface area contributed by atoms with Crippen LogP contribution in [0.4, 0.5) is 0 Å². The Kier molecular flexibility index (Phi) is 4.19. The van der Waals surface area contributed by atoms with Crippen LogP contribution in [0.15, 0.2) is 17.5 Å². The summed E-state index contributed by atoms with van der Waals surface area (Å²) in [5, 5.41) is 2.11. The van der Waals surface area contributed by atoms with E-state index in [0.717, 1.165) is 0 Å². The molecule has 0 amide bonds. The summed E-state index contributed by atoms with van der Waals surface area (Å²) >= 11 is 3.14. The Morgan fingerprint density at radius 2 is 2.29 bits per heavy atom. The molecule has 1 aromatic rings. The zero-order valence-corrected chi connectivity index (χ0v) is 9.09. The number of halogens is 1. The molecule has 0 aliphatic rings. The Morgan fingerprint density at radius 3 is 2.43 bits per heavy atom. The van der Waals surface area contributed by atoms with Crippen molar-refractivity contribution in [1.82, 2.24) is 0 Å². The molecule has 0 saturated heterocycles. The number of hydrogen-bond donors (Lipinski definition) is 0. The molecule has 1 heterocycles. The van der Waals surface area contributed by atoms with Gasteiger partial charge in [0.1, 0.15) is 0 Å². The van der Waals surface area contributed by atoms with Gasteiger partial charge in [-0.3, -0.25) is 0 Å². The second kappa shape index (κ2) is 3.76. The van der Waals surface area contributed by atoms with Crippen LogP contribution in [0.5, 0.6) is 0 Å². The first kappa shape index (κ1) is 7.80. The number of thiophene rings is 1. The minimum atomic E-state index is 0. The molecule has 34 valence electrons.